The zero-order chi connectivity index (χ0) is 17.7. The van der Waals surface area contributed by atoms with Gasteiger partial charge in [0.15, 0.2) is 0 Å². The third kappa shape index (κ3) is 3.79. The number of carbonyl (C=O) groups is 3. The largest absolute Gasteiger partial charge is 0.464 e. The molecule has 2 bridgehead atoms. The molecule has 0 radical (unpaired) electrons. The molecular formula is C18H27NO5. The highest BCUT2D eigenvalue weighted by Gasteiger charge is 2.52. The second kappa shape index (κ2) is 7.81. The van der Waals surface area contributed by atoms with Gasteiger partial charge < -0.3 is 14.8 Å². The van der Waals surface area contributed by atoms with Crippen LogP contribution < -0.4 is 5.32 Å². The van der Waals surface area contributed by atoms with Crippen molar-refractivity contribution < 1.29 is 23.9 Å². The molecule has 6 heteroatoms. The van der Waals surface area contributed by atoms with Gasteiger partial charge in [0.2, 0.25) is 11.4 Å². The van der Waals surface area contributed by atoms with Crippen LogP contribution in [0.3, 0.4) is 0 Å². The summed E-state index contributed by atoms with van der Waals surface area (Å²) in [6.07, 6.45) is 7.73. The van der Waals surface area contributed by atoms with Gasteiger partial charge in [-0.3, -0.25) is 4.79 Å². The quantitative estimate of drug-likeness (QED) is 0.436. The van der Waals surface area contributed by atoms with E-state index in [0.717, 1.165) is 19.3 Å². The summed E-state index contributed by atoms with van der Waals surface area (Å²) in [7, 11) is 0. The lowest BCUT2D eigenvalue weighted by Gasteiger charge is -2.41. The first-order valence-corrected chi connectivity index (χ1v) is 8.74. The summed E-state index contributed by atoms with van der Waals surface area (Å²) in [6, 6.07) is 0. The van der Waals surface area contributed by atoms with Crippen molar-refractivity contribution in [2.75, 3.05) is 13.2 Å². The molecule has 0 aromatic carbocycles. The molecule has 0 spiro atoms. The summed E-state index contributed by atoms with van der Waals surface area (Å²) in [6.45, 7) is 4.91. The molecule has 1 amide bonds. The van der Waals surface area contributed by atoms with Crippen molar-refractivity contribution in [3.8, 4) is 0 Å². The molecule has 1 fully saturated rings. The Labute approximate surface area is 143 Å². The van der Waals surface area contributed by atoms with Crippen LogP contribution in [0, 0.1) is 17.8 Å². The van der Waals surface area contributed by atoms with Gasteiger partial charge >= 0.3 is 11.9 Å². The van der Waals surface area contributed by atoms with Gasteiger partial charge in [-0.15, -0.1) is 0 Å². The number of rotatable bonds is 7. The highest BCUT2D eigenvalue weighted by atomic mass is 16.6. The molecule has 0 aliphatic heterocycles. The highest BCUT2D eigenvalue weighted by Crippen LogP contribution is 2.44. The van der Waals surface area contributed by atoms with Crippen molar-refractivity contribution in [3.05, 3.63) is 12.2 Å². The van der Waals surface area contributed by atoms with Crippen LogP contribution >= 0.6 is 0 Å². The molecule has 6 nitrogen and oxygen atoms in total. The van der Waals surface area contributed by atoms with Gasteiger partial charge in [-0.1, -0.05) is 12.2 Å². The highest BCUT2D eigenvalue weighted by molar-refractivity contribution is 6.07. The first-order chi connectivity index (χ1) is 11.4. The van der Waals surface area contributed by atoms with Crippen molar-refractivity contribution in [3.63, 3.8) is 0 Å². The van der Waals surface area contributed by atoms with E-state index in [1.54, 1.807) is 13.8 Å². The summed E-state index contributed by atoms with van der Waals surface area (Å²) >= 11 is 0. The molecular weight excluding hydrogens is 310 g/mol. The maximum absolute atomic E-state index is 12.6. The minimum Gasteiger partial charge on any atom is -0.464 e. The Morgan fingerprint density at radius 3 is 2.08 bits per heavy atom. The molecule has 0 saturated heterocycles. The van der Waals surface area contributed by atoms with Gasteiger partial charge in [0.05, 0.1) is 13.2 Å². The maximum atomic E-state index is 12.6. The van der Waals surface area contributed by atoms with Gasteiger partial charge in [-0.25, -0.2) is 9.59 Å². The number of carbonyl (C=O) groups excluding carboxylic acids is 3. The Bertz CT molecular complexity index is 510. The zero-order valence-corrected chi connectivity index (χ0v) is 14.7. The summed E-state index contributed by atoms with van der Waals surface area (Å²) in [5, 5.41) is 2.56. The van der Waals surface area contributed by atoms with Crippen LogP contribution in [0.1, 0.15) is 46.5 Å². The lowest BCUT2D eigenvalue weighted by molar-refractivity contribution is -0.169. The molecule has 3 aliphatic carbocycles. The average molecular weight is 337 g/mol. The van der Waals surface area contributed by atoms with Gasteiger partial charge in [-0.2, -0.15) is 0 Å². The van der Waals surface area contributed by atoms with E-state index in [9.17, 15) is 14.4 Å². The monoisotopic (exact) mass is 337 g/mol. The van der Waals surface area contributed by atoms with Crippen LogP contribution in [0.15, 0.2) is 12.2 Å². The Morgan fingerprint density at radius 1 is 1.08 bits per heavy atom. The lowest BCUT2D eigenvalue weighted by Crippen LogP contribution is -2.62. The molecule has 0 aromatic rings. The Hall–Kier alpha value is -1.85. The van der Waals surface area contributed by atoms with Crippen molar-refractivity contribution in [1.29, 1.82) is 0 Å². The molecule has 0 aromatic heterocycles. The van der Waals surface area contributed by atoms with E-state index >= 15 is 0 Å². The van der Waals surface area contributed by atoms with E-state index in [1.165, 1.54) is 6.92 Å². The normalized spacial score (nSPS) is 25.2. The molecule has 0 heterocycles. The molecule has 1 N–H and O–H groups in total. The van der Waals surface area contributed by atoms with Crippen LogP contribution in [-0.4, -0.2) is 36.6 Å². The number of fused-ring (bicyclic) bond motifs is 2. The van der Waals surface area contributed by atoms with Gasteiger partial charge in [0.25, 0.3) is 0 Å². The van der Waals surface area contributed by atoms with Crippen LogP contribution in [0.2, 0.25) is 0 Å². The molecule has 134 valence electrons. The predicted octanol–water partition coefficient (Wildman–Crippen LogP) is 1.98. The Kier molecular flexibility index (Phi) is 6.02. The summed E-state index contributed by atoms with van der Waals surface area (Å²) < 4.78 is 10.2. The fraction of sp³-hybridized carbons (Fsp3) is 0.722. The lowest BCUT2D eigenvalue weighted by atomic mass is 9.65. The predicted molar refractivity (Wildman–Crippen MR) is 87.9 cm³/mol. The second-order valence-corrected chi connectivity index (χ2v) is 6.61. The molecule has 0 unspecified atom stereocenters. The maximum Gasteiger partial charge on any atom is 0.343 e. The van der Waals surface area contributed by atoms with Crippen LogP contribution in [-0.2, 0) is 23.9 Å². The summed E-state index contributed by atoms with van der Waals surface area (Å²) in [5.41, 5.74) is -1.76. The van der Waals surface area contributed by atoms with Gasteiger partial charge in [0.1, 0.15) is 0 Å². The van der Waals surface area contributed by atoms with E-state index in [0.29, 0.717) is 11.8 Å². The first-order valence-electron chi connectivity index (χ1n) is 8.74. The van der Waals surface area contributed by atoms with Gasteiger partial charge in [-0.05, 0) is 57.3 Å². The van der Waals surface area contributed by atoms with Gasteiger partial charge in [0, 0.05) is 6.92 Å². The van der Waals surface area contributed by atoms with E-state index in [-0.39, 0.29) is 25.6 Å². The molecule has 1 saturated carbocycles. The number of hydrogen-bond acceptors (Lipinski definition) is 5. The van der Waals surface area contributed by atoms with Crippen LogP contribution in [0.4, 0.5) is 0 Å². The smallest absolute Gasteiger partial charge is 0.343 e. The van der Waals surface area contributed by atoms with Crippen molar-refractivity contribution in [2.24, 2.45) is 17.8 Å². The number of ether oxygens (including phenoxy) is 2. The fourth-order valence-corrected chi connectivity index (χ4v) is 3.89. The van der Waals surface area contributed by atoms with Crippen LogP contribution in [0.5, 0.6) is 0 Å². The second-order valence-electron chi connectivity index (χ2n) is 6.61. The average Bonchev–Trinajstić information content (AvgIpc) is 2.55. The molecule has 3 rings (SSSR count). The van der Waals surface area contributed by atoms with Crippen LogP contribution in [0.25, 0.3) is 0 Å². The summed E-state index contributed by atoms with van der Waals surface area (Å²) in [4.78, 5) is 37.0. The van der Waals surface area contributed by atoms with E-state index in [1.807, 2.05) is 0 Å². The third-order valence-corrected chi connectivity index (χ3v) is 4.92. The topological polar surface area (TPSA) is 81.7 Å². The SMILES string of the molecule is CCOC(=O)C(C[C@H]1C[C@H]2C=C[C@@H]1CC2)(NC(C)=O)C(=O)OCC. The third-order valence-electron chi connectivity index (χ3n) is 4.92. The Morgan fingerprint density at radius 2 is 1.71 bits per heavy atom. The fourth-order valence-electron chi connectivity index (χ4n) is 3.89. The number of amides is 1. The minimum atomic E-state index is -1.76. The van der Waals surface area contributed by atoms with E-state index in [4.69, 9.17) is 9.47 Å². The van der Waals surface area contributed by atoms with E-state index < -0.39 is 23.4 Å². The Balaban J connectivity index is 2.31. The standard InChI is InChI=1S/C18H27NO5/c1-4-23-16(21)18(19-12(3)20,17(22)24-5-2)11-15-10-13-6-8-14(15)9-7-13/h6,8,13-15H,4-5,7,9-11H2,1-3H3,(H,19,20)/t13-,14+,15+/m0/s1. The van der Waals surface area contributed by atoms with Crippen molar-refractivity contribution in [1.82, 2.24) is 5.32 Å². The molecule has 3 aliphatic rings. The number of allylic oxidation sites excluding steroid dienone is 2. The minimum absolute atomic E-state index is 0.135. The molecule has 3 atom stereocenters. The van der Waals surface area contributed by atoms with E-state index in [2.05, 4.69) is 17.5 Å². The number of hydrogen-bond donors (Lipinski definition) is 1. The summed E-state index contributed by atoms with van der Waals surface area (Å²) in [5.74, 6) is -0.957. The number of esters is 2. The number of nitrogens with one attached hydrogen (secondary N) is 1. The van der Waals surface area contributed by atoms with Crippen molar-refractivity contribution >= 4 is 17.8 Å². The zero-order valence-electron chi connectivity index (χ0n) is 14.7. The molecule has 24 heavy (non-hydrogen) atoms. The van der Waals surface area contributed by atoms with Crippen molar-refractivity contribution in [2.45, 2.75) is 52.0 Å². The first kappa shape index (κ1) is 18.5.